The van der Waals surface area contributed by atoms with E-state index in [1.54, 1.807) is 0 Å². The number of carbonyl (C=O) groups is 1. The maximum Gasteiger partial charge on any atom is 0.225 e. The fourth-order valence-corrected chi connectivity index (χ4v) is 3.02. The summed E-state index contributed by atoms with van der Waals surface area (Å²) in [4.78, 5) is 16.7. The Kier molecular flexibility index (Phi) is 2.66. The third-order valence-electron chi connectivity index (χ3n) is 4.46. The van der Waals surface area contributed by atoms with Gasteiger partial charge in [0.1, 0.15) is 0 Å². The Morgan fingerprint density at radius 2 is 1.88 bits per heavy atom. The van der Waals surface area contributed by atoms with Gasteiger partial charge in [0.15, 0.2) is 0 Å². The largest absolute Gasteiger partial charge is 0.340 e. The summed E-state index contributed by atoms with van der Waals surface area (Å²) in [5.41, 5.74) is 0. The molecule has 0 aromatic heterocycles. The van der Waals surface area contributed by atoms with Gasteiger partial charge in [-0.05, 0) is 32.6 Å². The molecule has 1 saturated heterocycles. The molecular weight excluding hydrogens is 200 g/mol. The number of carbonyl (C=O) groups excluding carboxylic acids is 1. The number of hydrogen-bond donors (Lipinski definition) is 0. The summed E-state index contributed by atoms with van der Waals surface area (Å²) < 4.78 is 0. The predicted molar refractivity (Wildman–Crippen MR) is 63.1 cm³/mol. The molecule has 3 rings (SSSR count). The van der Waals surface area contributed by atoms with Crippen LogP contribution in [-0.4, -0.2) is 47.4 Å². The van der Waals surface area contributed by atoms with E-state index in [-0.39, 0.29) is 0 Å². The van der Waals surface area contributed by atoms with Gasteiger partial charge in [-0.15, -0.1) is 0 Å². The van der Waals surface area contributed by atoms with Gasteiger partial charge in [0.05, 0.1) is 0 Å². The van der Waals surface area contributed by atoms with E-state index in [0.29, 0.717) is 17.9 Å². The van der Waals surface area contributed by atoms with Crippen molar-refractivity contribution in [2.45, 2.75) is 51.1 Å². The van der Waals surface area contributed by atoms with Gasteiger partial charge in [-0.3, -0.25) is 9.69 Å². The molecule has 3 nitrogen and oxygen atoms in total. The van der Waals surface area contributed by atoms with Crippen molar-refractivity contribution in [3.63, 3.8) is 0 Å². The first-order valence-corrected chi connectivity index (χ1v) is 6.80. The van der Waals surface area contributed by atoms with Gasteiger partial charge < -0.3 is 4.90 Å². The van der Waals surface area contributed by atoms with Crippen molar-refractivity contribution < 1.29 is 4.79 Å². The van der Waals surface area contributed by atoms with E-state index in [1.165, 1.54) is 19.3 Å². The maximum absolute atomic E-state index is 12.0. The van der Waals surface area contributed by atoms with E-state index >= 15 is 0 Å². The molecule has 0 bridgehead atoms. The third-order valence-corrected chi connectivity index (χ3v) is 4.46. The number of piperazine rings is 1. The average Bonchev–Trinajstić information content (AvgIpc) is 3.00. The van der Waals surface area contributed by atoms with Crippen molar-refractivity contribution in [3.8, 4) is 0 Å². The summed E-state index contributed by atoms with van der Waals surface area (Å²) in [7, 11) is 0. The highest BCUT2D eigenvalue weighted by atomic mass is 16.2. The van der Waals surface area contributed by atoms with Crippen LogP contribution in [0.1, 0.15) is 39.0 Å². The lowest BCUT2D eigenvalue weighted by Crippen LogP contribution is -2.58. The van der Waals surface area contributed by atoms with Crippen molar-refractivity contribution in [3.05, 3.63) is 0 Å². The standard InChI is InChI=1S/C13H22N2O/c1-10-9-14(13(16)11-5-6-11)7-8-15(10)12-3-2-4-12/h10-12H,2-9H2,1H3/t10-/m1/s1. The molecule has 2 aliphatic carbocycles. The molecule has 0 unspecified atom stereocenters. The molecule has 1 heterocycles. The zero-order valence-electron chi connectivity index (χ0n) is 10.2. The first-order chi connectivity index (χ1) is 7.75. The molecule has 0 spiro atoms. The molecule has 2 saturated carbocycles. The molecule has 3 heteroatoms. The van der Waals surface area contributed by atoms with E-state index in [2.05, 4.69) is 16.7 Å². The van der Waals surface area contributed by atoms with Crippen molar-refractivity contribution in [1.29, 1.82) is 0 Å². The summed E-state index contributed by atoms with van der Waals surface area (Å²) in [5.74, 6) is 0.822. The Balaban J connectivity index is 1.56. The van der Waals surface area contributed by atoms with Crippen LogP contribution >= 0.6 is 0 Å². The van der Waals surface area contributed by atoms with Crippen LogP contribution in [0.3, 0.4) is 0 Å². The third kappa shape index (κ3) is 1.86. The molecule has 0 aromatic rings. The van der Waals surface area contributed by atoms with Gasteiger partial charge in [0.25, 0.3) is 0 Å². The fraction of sp³-hybridized carbons (Fsp3) is 0.923. The summed E-state index contributed by atoms with van der Waals surface area (Å²) >= 11 is 0. The molecule has 3 aliphatic rings. The van der Waals surface area contributed by atoms with Gasteiger partial charge in [-0.1, -0.05) is 6.42 Å². The molecule has 3 fully saturated rings. The van der Waals surface area contributed by atoms with Gasteiger partial charge in [-0.2, -0.15) is 0 Å². The quantitative estimate of drug-likeness (QED) is 0.706. The topological polar surface area (TPSA) is 23.6 Å². The van der Waals surface area contributed by atoms with E-state index in [0.717, 1.165) is 38.5 Å². The van der Waals surface area contributed by atoms with Crippen LogP contribution in [0, 0.1) is 5.92 Å². The summed E-state index contributed by atoms with van der Waals surface area (Å²) in [5, 5.41) is 0. The van der Waals surface area contributed by atoms with Crippen LogP contribution < -0.4 is 0 Å². The summed E-state index contributed by atoms with van der Waals surface area (Å²) in [6.45, 7) is 5.32. The van der Waals surface area contributed by atoms with Crippen molar-refractivity contribution in [2.75, 3.05) is 19.6 Å². The molecule has 0 radical (unpaired) electrons. The highest BCUT2D eigenvalue weighted by Gasteiger charge is 2.38. The van der Waals surface area contributed by atoms with Crippen LogP contribution in [0.5, 0.6) is 0 Å². The number of amides is 1. The second-order valence-electron chi connectivity index (χ2n) is 5.73. The normalized spacial score (nSPS) is 32.6. The van der Waals surface area contributed by atoms with E-state index < -0.39 is 0 Å². The van der Waals surface area contributed by atoms with Crippen molar-refractivity contribution in [2.24, 2.45) is 5.92 Å². The smallest absolute Gasteiger partial charge is 0.225 e. The summed E-state index contributed by atoms with van der Waals surface area (Å²) in [6, 6.07) is 1.40. The lowest BCUT2D eigenvalue weighted by Gasteiger charge is -2.47. The molecular formula is C13H22N2O. The second-order valence-corrected chi connectivity index (χ2v) is 5.73. The van der Waals surface area contributed by atoms with Crippen LogP contribution in [0.15, 0.2) is 0 Å². The molecule has 90 valence electrons. The Morgan fingerprint density at radius 3 is 2.38 bits per heavy atom. The monoisotopic (exact) mass is 222 g/mol. The lowest BCUT2D eigenvalue weighted by molar-refractivity contribution is -0.136. The summed E-state index contributed by atoms with van der Waals surface area (Å²) in [6.07, 6.45) is 6.42. The van der Waals surface area contributed by atoms with Crippen LogP contribution in [-0.2, 0) is 4.79 Å². The second kappa shape index (κ2) is 4.02. The number of rotatable bonds is 2. The average molecular weight is 222 g/mol. The first kappa shape index (κ1) is 10.6. The molecule has 16 heavy (non-hydrogen) atoms. The SMILES string of the molecule is C[C@@H]1CN(C(=O)C2CC2)CCN1C1CCC1. The van der Waals surface area contributed by atoms with Gasteiger partial charge in [-0.25, -0.2) is 0 Å². The zero-order valence-corrected chi connectivity index (χ0v) is 10.2. The van der Waals surface area contributed by atoms with E-state index in [9.17, 15) is 4.79 Å². The van der Waals surface area contributed by atoms with Crippen LogP contribution in [0.25, 0.3) is 0 Å². The van der Waals surface area contributed by atoms with E-state index in [4.69, 9.17) is 0 Å². The lowest BCUT2D eigenvalue weighted by atomic mass is 9.89. The number of nitrogens with zero attached hydrogens (tertiary/aromatic N) is 2. The Hall–Kier alpha value is -0.570. The molecule has 0 aromatic carbocycles. The van der Waals surface area contributed by atoms with Crippen molar-refractivity contribution in [1.82, 2.24) is 9.80 Å². The fourth-order valence-electron chi connectivity index (χ4n) is 3.02. The molecule has 1 atom stereocenters. The zero-order chi connectivity index (χ0) is 11.1. The first-order valence-electron chi connectivity index (χ1n) is 6.80. The highest BCUT2D eigenvalue weighted by Crippen LogP contribution is 2.33. The van der Waals surface area contributed by atoms with Gasteiger partial charge in [0, 0.05) is 37.6 Å². The van der Waals surface area contributed by atoms with Gasteiger partial charge in [0.2, 0.25) is 5.91 Å². The highest BCUT2D eigenvalue weighted by molar-refractivity contribution is 5.81. The Labute approximate surface area is 97.8 Å². The predicted octanol–water partition coefficient (Wildman–Crippen LogP) is 1.48. The minimum Gasteiger partial charge on any atom is -0.340 e. The minimum atomic E-state index is 0.391. The minimum absolute atomic E-state index is 0.391. The Morgan fingerprint density at radius 1 is 1.12 bits per heavy atom. The molecule has 0 N–H and O–H groups in total. The molecule has 1 amide bonds. The Bertz CT molecular complexity index is 284. The van der Waals surface area contributed by atoms with Gasteiger partial charge >= 0.3 is 0 Å². The van der Waals surface area contributed by atoms with E-state index in [1.807, 2.05) is 0 Å². The molecule has 1 aliphatic heterocycles. The van der Waals surface area contributed by atoms with Crippen LogP contribution in [0.2, 0.25) is 0 Å². The van der Waals surface area contributed by atoms with Crippen molar-refractivity contribution >= 4 is 5.91 Å². The number of hydrogen-bond acceptors (Lipinski definition) is 2. The van der Waals surface area contributed by atoms with Crippen LogP contribution in [0.4, 0.5) is 0 Å². The maximum atomic E-state index is 12.0.